The molecule has 0 bridgehead atoms. The van der Waals surface area contributed by atoms with Crippen LogP contribution < -0.4 is 5.32 Å². The lowest BCUT2D eigenvalue weighted by molar-refractivity contribution is 0.102. The van der Waals surface area contributed by atoms with Crippen molar-refractivity contribution >= 4 is 22.5 Å². The van der Waals surface area contributed by atoms with Crippen molar-refractivity contribution in [1.82, 2.24) is 9.97 Å². The largest absolute Gasteiger partial charge is 0.463 e. The highest BCUT2D eigenvalue weighted by Crippen LogP contribution is 2.26. The number of nitrogens with one attached hydrogen (secondary N) is 1. The van der Waals surface area contributed by atoms with Crippen LogP contribution in [0.4, 0.5) is 5.69 Å². The average Bonchev–Trinajstić information content (AvgIpc) is 3.17. The molecule has 0 saturated heterocycles. The van der Waals surface area contributed by atoms with Crippen LogP contribution in [-0.4, -0.2) is 15.9 Å². The van der Waals surface area contributed by atoms with Gasteiger partial charge < -0.3 is 9.73 Å². The normalized spacial score (nSPS) is 10.8. The number of carbonyl (C=O) groups is 1. The van der Waals surface area contributed by atoms with Crippen LogP contribution in [0.5, 0.6) is 0 Å². The molecular formula is C20H15N3O2. The van der Waals surface area contributed by atoms with Crippen LogP contribution in [0, 0.1) is 6.92 Å². The second-order valence-electron chi connectivity index (χ2n) is 5.69. The van der Waals surface area contributed by atoms with Gasteiger partial charge in [0.05, 0.1) is 29.2 Å². The molecule has 0 atom stereocenters. The third-order valence-corrected chi connectivity index (χ3v) is 4.02. The monoisotopic (exact) mass is 329 g/mol. The Bertz CT molecular complexity index is 1060. The molecule has 4 aromatic rings. The zero-order valence-electron chi connectivity index (χ0n) is 13.6. The average molecular weight is 329 g/mol. The third kappa shape index (κ3) is 2.87. The number of rotatable bonds is 3. The number of pyridine rings is 2. The van der Waals surface area contributed by atoms with E-state index in [9.17, 15) is 4.79 Å². The molecule has 5 nitrogen and oxygen atoms in total. The third-order valence-electron chi connectivity index (χ3n) is 4.02. The fraction of sp³-hybridized carbons (Fsp3) is 0.0500. The van der Waals surface area contributed by atoms with Crippen molar-refractivity contribution in [1.29, 1.82) is 0 Å². The molecule has 3 aromatic heterocycles. The molecule has 0 spiro atoms. The second kappa shape index (κ2) is 6.20. The molecule has 0 unspecified atom stereocenters. The van der Waals surface area contributed by atoms with Gasteiger partial charge >= 0.3 is 0 Å². The number of hydrogen-bond acceptors (Lipinski definition) is 4. The van der Waals surface area contributed by atoms with E-state index in [2.05, 4.69) is 15.3 Å². The molecule has 122 valence electrons. The van der Waals surface area contributed by atoms with E-state index < -0.39 is 0 Å². The summed E-state index contributed by atoms with van der Waals surface area (Å²) < 4.78 is 5.44. The smallest absolute Gasteiger partial charge is 0.256 e. The molecule has 0 fully saturated rings. The lowest BCUT2D eigenvalue weighted by atomic mass is 10.1. The minimum absolute atomic E-state index is 0.206. The topological polar surface area (TPSA) is 68.0 Å². The van der Waals surface area contributed by atoms with Gasteiger partial charge in [0.25, 0.3) is 5.91 Å². The zero-order chi connectivity index (χ0) is 17.2. The second-order valence-corrected chi connectivity index (χ2v) is 5.69. The SMILES string of the molecule is Cc1ccncc1NC(=O)c1cc(-c2ccco2)nc2ccccc12. The number of furan rings is 1. The summed E-state index contributed by atoms with van der Waals surface area (Å²) in [6.07, 6.45) is 4.93. The summed E-state index contributed by atoms with van der Waals surface area (Å²) in [5.41, 5.74) is 3.54. The number of aromatic nitrogens is 2. The summed E-state index contributed by atoms with van der Waals surface area (Å²) in [7, 11) is 0. The minimum Gasteiger partial charge on any atom is -0.463 e. The number of fused-ring (bicyclic) bond motifs is 1. The predicted molar refractivity (Wildman–Crippen MR) is 96.4 cm³/mol. The molecule has 0 aliphatic heterocycles. The van der Waals surface area contributed by atoms with Gasteiger partial charge in [-0.3, -0.25) is 9.78 Å². The first-order valence-corrected chi connectivity index (χ1v) is 7.88. The van der Waals surface area contributed by atoms with Crippen molar-refractivity contribution in [3.8, 4) is 11.5 Å². The van der Waals surface area contributed by atoms with Crippen LogP contribution >= 0.6 is 0 Å². The summed E-state index contributed by atoms with van der Waals surface area (Å²) in [6.45, 7) is 1.93. The van der Waals surface area contributed by atoms with Crippen molar-refractivity contribution in [2.45, 2.75) is 6.92 Å². The molecule has 5 heteroatoms. The lowest BCUT2D eigenvalue weighted by Gasteiger charge is -2.11. The molecule has 1 aromatic carbocycles. The van der Waals surface area contributed by atoms with Crippen LogP contribution in [0.3, 0.4) is 0 Å². The number of hydrogen-bond donors (Lipinski definition) is 1. The van der Waals surface area contributed by atoms with E-state index in [0.717, 1.165) is 16.5 Å². The van der Waals surface area contributed by atoms with Gasteiger partial charge in [0.2, 0.25) is 0 Å². The molecule has 3 heterocycles. The summed E-state index contributed by atoms with van der Waals surface area (Å²) in [6, 6.07) is 14.8. The molecule has 0 radical (unpaired) electrons. The van der Waals surface area contributed by atoms with Crippen molar-refractivity contribution in [3.63, 3.8) is 0 Å². The zero-order valence-corrected chi connectivity index (χ0v) is 13.6. The highest BCUT2D eigenvalue weighted by atomic mass is 16.3. The minimum atomic E-state index is -0.206. The van der Waals surface area contributed by atoms with E-state index in [4.69, 9.17) is 4.42 Å². The Labute approximate surface area is 144 Å². The maximum Gasteiger partial charge on any atom is 0.256 e. The van der Waals surface area contributed by atoms with E-state index in [-0.39, 0.29) is 5.91 Å². The highest BCUT2D eigenvalue weighted by molar-refractivity contribution is 6.13. The highest BCUT2D eigenvalue weighted by Gasteiger charge is 2.15. The number of benzene rings is 1. The number of aryl methyl sites for hydroxylation is 1. The Hall–Kier alpha value is -3.47. The van der Waals surface area contributed by atoms with E-state index in [1.54, 1.807) is 30.8 Å². The van der Waals surface area contributed by atoms with E-state index >= 15 is 0 Å². The summed E-state index contributed by atoms with van der Waals surface area (Å²) >= 11 is 0. The summed E-state index contributed by atoms with van der Waals surface area (Å²) in [4.78, 5) is 21.6. The quantitative estimate of drug-likeness (QED) is 0.603. The van der Waals surface area contributed by atoms with Gasteiger partial charge in [0.1, 0.15) is 5.69 Å². The van der Waals surface area contributed by atoms with Gasteiger partial charge in [-0.1, -0.05) is 18.2 Å². The molecule has 4 rings (SSSR count). The van der Waals surface area contributed by atoms with Crippen molar-refractivity contribution in [2.75, 3.05) is 5.32 Å². The van der Waals surface area contributed by atoms with Crippen molar-refractivity contribution in [3.05, 3.63) is 78.3 Å². The Morgan fingerprint density at radius 2 is 2.00 bits per heavy atom. The van der Waals surface area contributed by atoms with Crippen LogP contribution in [0.25, 0.3) is 22.4 Å². The molecule has 0 saturated carbocycles. The fourth-order valence-electron chi connectivity index (χ4n) is 2.70. The van der Waals surface area contributed by atoms with Gasteiger partial charge in [-0.15, -0.1) is 0 Å². The van der Waals surface area contributed by atoms with Gasteiger partial charge in [-0.2, -0.15) is 0 Å². The fourth-order valence-corrected chi connectivity index (χ4v) is 2.70. The first kappa shape index (κ1) is 15.1. The van der Waals surface area contributed by atoms with E-state index in [1.807, 2.05) is 43.3 Å². The number of carbonyl (C=O) groups excluding carboxylic acids is 1. The van der Waals surface area contributed by atoms with E-state index in [1.165, 1.54) is 0 Å². The standard InChI is InChI=1S/C20H15N3O2/c1-13-8-9-21-12-18(13)23-20(24)15-11-17(19-7-4-10-25-19)22-16-6-3-2-5-14(15)16/h2-12H,1H3,(H,23,24). The van der Waals surface area contributed by atoms with Gasteiger partial charge in [-0.25, -0.2) is 4.98 Å². The number of nitrogens with zero attached hydrogens (tertiary/aromatic N) is 2. The van der Waals surface area contributed by atoms with E-state index in [0.29, 0.717) is 22.7 Å². The Balaban J connectivity index is 1.82. The maximum atomic E-state index is 12.9. The molecule has 25 heavy (non-hydrogen) atoms. The first-order chi connectivity index (χ1) is 12.2. The van der Waals surface area contributed by atoms with Gasteiger partial charge in [0.15, 0.2) is 5.76 Å². The molecule has 1 amide bonds. The number of amides is 1. The van der Waals surface area contributed by atoms with Crippen LogP contribution in [0.2, 0.25) is 0 Å². The van der Waals surface area contributed by atoms with Gasteiger partial charge in [-0.05, 0) is 42.8 Å². The van der Waals surface area contributed by atoms with Crippen molar-refractivity contribution in [2.24, 2.45) is 0 Å². The molecule has 0 aliphatic carbocycles. The predicted octanol–water partition coefficient (Wildman–Crippen LogP) is 4.45. The summed E-state index contributed by atoms with van der Waals surface area (Å²) in [5, 5.41) is 3.72. The Morgan fingerprint density at radius 1 is 1.12 bits per heavy atom. The van der Waals surface area contributed by atoms with Crippen molar-refractivity contribution < 1.29 is 9.21 Å². The Kier molecular flexibility index (Phi) is 3.74. The van der Waals surface area contributed by atoms with Crippen LogP contribution in [0.15, 0.2) is 71.6 Å². The summed E-state index contributed by atoms with van der Waals surface area (Å²) in [5.74, 6) is 0.417. The molecular weight excluding hydrogens is 314 g/mol. The maximum absolute atomic E-state index is 12.9. The van der Waals surface area contributed by atoms with Crippen LogP contribution in [-0.2, 0) is 0 Å². The lowest BCUT2D eigenvalue weighted by Crippen LogP contribution is -2.14. The molecule has 1 N–H and O–H groups in total. The van der Waals surface area contributed by atoms with Gasteiger partial charge in [0, 0.05) is 11.6 Å². The Morgan fingerprint density at radius 3 is 2.80 bits per heavy atom. The first-order valence-electron chi connectivity index (χ1n) is 7.88. The molecule has 0 aliphatic rings. The number of anilines is 1. The number of para-hydroxylation sites is 1. The van der Waals surface area contributed by atoms with Crippen LogP contribution in [0.1, 0.15) is 15.9 Å².